The number of aromatic nitrogens is 2. The molecule has 0 bridgehead atoms. The van der Waals surface area contributed by atoms with Gasteiger partial charge in [0.05, 0.1) is 11.3 Å². The first kappa shape index (κ1) is 15.9. The van der Waals surface area contributed by atoms with E-state index in [9.17, 15) is 4.79 Å². The molecule has 0 spiro atoms. The fraction of sp³-hybridized carbons (Fsp3) is 0.333. The van der Waals surface area contributed by atoms with Crippen LogP contribution in [0.4, 0.5) is 11.5 Å². The monoisotopic (exact) mass is 321 g/mol. The van der Waals surface area contributed by atoms with Gasteiger partial charge in [-0.05, 0) is 25.0 Å². The van der Waals surface area contributed by atoms with E-state index >= 15 is 0 Å². The lowest BCUT2D eigenvalue weighted by Crippen LogP contribution is -2.25. The second-order valence-corrected chi connectivity index (χ2v) is 5.77. The first-order valence-corrected chi connectivity index (χ1v) is 8.15. The Morgan fingerprint density at radius 1 is 1.12 bits per heavy atom. The molecule has 1 amide bonds. The van der Waals surface area contributed by atoms with Crippen LogP contribution < -0.4 is 10.2 Å². The summed E-state index contributed by atoms with van der Waals surface area (Å²) in [5, 5.41) is 11.9. The van der Waals surface area contributed by atoms with E-state index in [2.05, 4.69) is 26.3 Å². The van der Waals surface area contributed by atoms with E-state index in [1.807, 2.05) is 0 Å². The second kappa shape index (κ2) is 7.55. The summed E-state index contributed by atoms with van der Waals surface area (Å²) < 4.78 is 0. The molecule has 0 saturated carbocycles. The molecule has 1 aromatic heterocycles. The van der Waals surface area contributed by atoms with E-state index in [1.165, 1.54) is 19.2 Å². The summed E-state index contributed by atoms with van der Waals surface area (Å²) in [6.07, 6.45) is 6.17. The molecule has 1 fully saturated rings. The Bertz CT molecular complexity index is 760. The van der Waals surface area contributed by atoms with Crippen LogP contribution in [0.2, 0.25) is 0 Å². The van der Waals surface area contributed by atoms with Gasteiger partial charge in [0.25, 0.3) is 5.91 Å². The lowest BCUT2D eigenvalue weighted by Gasteiger charge is -2.21. The van der Waals surface area contributed by atoms with E-state index in [0.717, 1.165) is 31.7 Å². The van der Waals surface area contributed by atoms with Crippen molar-refractivity contribution < 1.29 is 4.79 Å². The van der Waals surface area contributed by atoms with Crippen molar-refractivity contribution in [2.24, 2.45) is 0 Å². The zero-order chi connectivity index (χ0) is 16.8. The Kier molecular flexibility index (Phi) is 5.02. The average molecular weight is 321 g/mol. The van der Waals surface area contributed by atoms with Gasteiger partial charge in [-0.3, -0.25) is 4.79 Å². The molecule has 0 atom stereocenters. The third kappa shape index (κ3) is 3.69. The van der Waals surface area contributed by atoms with Crippen molar-refractivity contribution in [2.75, 3.05) is 23.3 Å². The highest BCUT2D eigenvalue weighted by atomic mass is 16.1. The van der Waals surface area contributed by atoms with Gasteiger partial charge in [-0.15, -0.1) is 0 Å². The maximum Gasteiger partial charge on any atom is 0.274 e. The maximum atomic E-state index is 12.5. The third-order valence-electron chi connectivity index (χ3n) is 4.11. The number of rotatable bonds is 3. The topological polar surface area (TPSA) is 81.9 Å². The Morgan fingerprint density at radius 3 is 2.62 bits per heavy atom. The number of benzene rings is 1. The van der Waals surface area contributed by atoms with Crippen molar-refractivity contribution in [3.63, 3.8) is 0 Å². The summed E-state index contributed by atoms with van der Waals surface area (Å²) >= 11 is 0. The van der Waals surface area contributed by atoms with Gasteiger partial charge >= 0.3 is 0 Å². The average Bonchev–Trinajstić information content (AvgIpc) is 2.92. The lowest BCUT2D eigenvalue weighted by molar-refractivity contribution is 0.102. The van der Waals surface area contributed by atoms with Crippen molar-refractivity contribution in [3.8, 4) is 6.07 Å². The van der Waals surface area contributed by atoms with Crippen LogP contribution in [0.1, 0.15) is 41.7 Å². The van der Waals surface area contributed by atoms with Gasteiger partial charge in [-0.1, -0.05) is 25.0 Å². The molecule has 6 heteroatoms. The highest BCUT2D eigenvalue weighted by molar-refractivity contribution is 6.03. The number of anilines is 2. The van der Waals surface area contributed by atoms with Crippen LogP contribution in [-0.4, -0.2) is 29.0 Å². The molecule has 24 heavy (non-hydrogen) atoms. The number of carbonyl (C=O) groups excluding carboxylic acids is 1. The molecular formula is C18H19N5O. The molecule has 0 aliphatic carbocycles. The fourth-order valence-electron chi connectivity index (χ4n) is 2.82. The molecule has 0 radical (unpaired) electrons. The van der Waals surface area contributed by atoms with Crippen LogP contribution in [0.15, 0.2) is 36.7 Å². The van der Waals surface area contributed by atoms with Crippen molar-refractivity contribution >= 4 is 17.4 Å². The Labute approximate surface area is 141 Å². The van der Waals surface area contributed by atoms with Crippen LogP contribution in [0.5, 0.6) is 0 Å². The molecule has 2 aromatic rings. The number of para-hydroxylation sites is 1. The van der Waals surface area contributed by atoms with E-state index in [0.29, 0.717) is 16.9 Å². The smallest absolute Gasteiger partial charge is 0.274 e. The molecule has 2 heterocycles. The Morgan fingerprint density at radius 2 is 1.88 bits per heavy atom. The summed E-state index contributed by atoms with van der Waals surface area (Å²) in [7, 11) is 0. The number of carbonyl (C=O) groups is 1. The normalized spacial score (nSPS) is 14.5. The molecular weight excluding hydrogens is 302 g/mol. The fourth-order valence-corrected chi connectivity index (χ4v) is 2.82. The minimum Gasteiger partial charge on any atom is -0.357 e. The van der Waals surface area contributed by atoms with E-state index in [-0.39, 0.29) is 5.91 Å². The quantitative estimate of drug-likeness (QED) is 0.940. The van der Waals surface area contributed by atoms with E-state index < -0.39 is 0 Å². The number of nitrogens with zero attached hydrogens (tertiary/aromatic N) is 4. The highest BCUT2D eigenvalue weighted by Gasteiger charge is 2.15. The Balaban J connectivity index is 1.78. The number of nitrogens with one attached hydrogen (secondary N) is 1. The van der Waals surface area contributed by atoms with Gasteiger partial charge < -0.3 is 10.2 Å². The first-order chi connectivity index (χ1) is 11.8. The molecule has 1 aromatic carbocycles. The van der Waals surface area contributed by atoms with Crippen LogP contribution in [0.25, 0.3) is 0 Å². The van der Waals surface area contributed by atoms with E-state index in [1.54, 1.807) is 30.3 Å². The van der Waals surface area contributed by atoms with Crippen LogP contribution in [0, 0.1) is 11.3 Å². The molecule has 6 nitrogen and oxygen atoms in total. The van der Waals surface area contributed by atoms with Gasteiger partial charge in [0, 0.05) is 19.2 Å². The first-order valence-electron chi connectivity index (χ1n) is 8.15. The summed E-state index contributed by atoms with van der Waals surface area (Å²) in [4.78, 5) is 23.0. The van der Waals surface area contributed by atoms with Gasteiger partial charge in [0.2, 0.25) is 0 Å². The Hall–Kier alpha value is -2.94. The maximum absolute atomic E-state index is 12.5. The third-order valence-corrected chi connectivity index (χ3v) is 4.11. The van der Waals surface area contributed by atoms with Crippen molar-refractivity contribution in [1.82, 2.24) is 9.97 Å². The zero-order valence-electron chi connectivity index (χ0n) is 13.4. The lowest BCUT2D eigenvalue weighted by atomic mass is 10.2. The molecule has 1 N–H and O–H groups in total. The van der Waals surface area contributed by atoms with Gasteiger partial charge in [-0.25, -0.2) is 9.97 Å². The number of amides is 1. The number of hydrogen-bond acceptors (Lipinski definition) is 5. The molecule has 0 unspecified atom stereocenters. The predicted octanol–water partition coefficient (Wildman–Crippen LogP) is 2.98. The largest absolute Gasteiger partial charge is 0.357 e. The van der Waals surface area contributed by atoms with Gasteiger partial charge in [-0.2, -0.15) is 5.26 Å². The predicted molar refractivity (Wildman–Crippen MR) is 91.8 cm³/mol. The SMILES string of the molecule is N#Cc1ccccc1NC(=O)c1cc(N2CCCCCC2)ncn1. The molecule has 1 aliphatic heterocycles. The minimum absolute atomic E-state index is 0.303. The van der Waals surface area contributed by atoms with Crippen LogP contribution >= 0.6 is 0 Å². The van der Waals surface area contributed by atoms with Crippen molar-refractivity contribution in [2.45, 2.75) is 25.7 Å². The van der Waals surface area contributed by atoms with E-state index in [4.69, 9.17) is 5.26 Å². The zero-order valence-corrected chi connectivity index (χ0v) is 13.4. The summed E-state index contributed by atoms with van der Waals surface area (Å²) in [5.41, 5.74) is 1.21. The van der Waals surface area contributed by atoms with Gasteiger partial charge in [0.15, 0.2) is 0 Å². The van der Waals surface area contributed by atoms with Crippen LogP contribution in [-0.2, 0) is 0 Å². The van der Waals surface area contributed by atoms with Crippen molar-refractivity contribution in [1.29, 1.82) is 5.26 Å². The standard InChI is InChI=1S/C18H19N5O/c19-12-14-7-3-4-8-15(14)22-18(24)16-11-17(21-13-20-16)23-9-5-1-2-6-10-23/h3-4,7-8,11,13H,1-2,5-6,9-10H2,(H,22,24). The van der Waals surface area contributed by atoms with Crippen molar-refractivity contribution in [3.05, 3.63) is 47.9 Å². The summed E-state index contributed by atoms with van der Waals surface area (Å²) in [5.74, 6) is 0.446. The molecule has 1 aliphatic rings. The van der Waals surface area contributed by atoms with Crippen LogP contribution in [0.3, 0.4) is 0 Å². The molecule has 3 rings (SSSR count). The van der Waals surface area contributed by atoms with Gasteiger partial charge in [0.1, 0.15) is 23.9 Å². The summed E-state index contributed by atoms with van der Waals surface area (Å²) in [6.45, 7) is 1.91. The molecule has 1 saturated heterocycles. The number of hydrogen-bond donors (Lipinski definition) is 1. The minimum atomic E-state index is -0.337. The summed E-state index contributed by atoms with van der Waals surface area (Å²) in [6, 6.07) is 10.7. The molecule has 122 valence electrons. The number of nitriles is 1. The second-order valence-electron chi connectivity index (χ2n) is 5.77. The highest BCUT2D eigenvalue weighted by Crippen LogP contribution is 2.19.